The van der Waals surface area contributed by atoms with Crippen LogP contribution in [0.25, 0.3) is 0 Å². The van der Waals surface area contributed by atoms with Crippen molar-refractivity contribution >= 4 is 17.0 Å². The largest absolute Gasteiger partial charge is 0.450 e. The molecular formula is C19H37ClO2. The molecule has 0 rings (SSSR count). The lowest BCUT2D eigenvalue weighted by Gasteiger charge is -2.15. The molecule has 0 N–H and O–H groups in total. The van der Waals surface area contributed by atoms with Crippen molar-refractivity contribution in [3.05, 3.63) is 0 Å². The molecule has 0 saturated heterocycles. The van der Waals surface area contributed by atoms with Crippen LogP contribution >= 0.6 is 11.6 Å². The summed E-state index contributed by atoms with van der Waals surface area (Å²) in [5.74, 6) is 0. The van der Waals surface area contributed by atoms with Gasteiger partial charge in [0.25, 0.3) is 0 Å². The predicted molar refractivity (Wildman–Crippen MR) is 96.7 cm³/mol. The SMILES string of the molecule is CCCCCCCCCCCCCCC(CCC)OC(=O)Cl. The Morgan fingerprint density at radius 1 is 0.727 bits per heavy atom. The first kappa shape index (κ1) is 21.8. The second kappa shape index (κ2) is 17.1. The smallest absolute Gasteiger partial charge is 0.404 e. The quantitative estimate of drug-likeness (QED) is 0.214. The first-order chi connectivity index (χ1) is 10.7. The summed E-state index contributed by atoms with van der Waals surface area (Å²) in [5, 5.41) is 0. The predicted octanol–water partition coefficient (Wildman–Crippen LogP) is 7.62. The number of halogens is 1. The second-order valence-electron chi connectivity index (χ2n) is 6.44. The van der Waals surface area contributed by atoms with Crippen molar-refractivity contribution in [1.82, 2.24) is 0 Å². The number of hydrogen-bond donors (Lipinski definition) is 0. The number of unbranched alkanes of at least 4 members (excludes halogenated alkanes) is 11. The molecule has 0 aliphatic carbocycles. The fraction of sp³-hybridized carbons (Fsp3) is 0.947. The van der Waals surface area contributed by atoms with Gasteiger partial charge in [-0.15, -0.1) is 0 Å². The van der Waals surface area contributed by atoms with Crippen LogP contribution < -0.4 is 0 Å². The van der Waals surface area contributed by atoms with Gasteiger partial charge in [0.05, 0.1) is 0 Å². The Hall–Kier alpha value is -0.240. The molecule has 1 unspecified atom stereocenters. The zero-order valence-electron chi connectivity index (χ0n) is 14.9. The number of hydrogen-bond acceptors (Lipinski definition) is 2. The van der Waals surface area contributed by atoms with Crippen molar-refractivity contribution < 1.29 is 9.53 Å². The lowest BCUT2D eigenvalue weighted by molar-refractivity contribution is 0.107. The van der Waals surface area contributed by atoms with Crippen LogP contribution in [0.2, 0.25) is 0 Å². The average Bonchev–Trinajstić information content (AvgIpc) is 2.48. The molecule has 2 nitrogen and oxygen atoms in total. The molecule has 0 aromatic rings. The van der Waals surface area contributed by atoms with E-state index in [1.807, 2.05) is 0 Å². The van der Waals surface area contributed by atoms with Crippen molar-refractivity contribution in [2.24, 2.45) is 0 Å². The summed E-state index contributed by atoms with van der Waals surface area (Å²) >= 11 is 5.30. The normalized spacial score (nSPS) is 12.3. The molecule has 0 heterocycles. The fourth-order valence-electron chi connectivity index (χ4n) is 2.93. The zero-order chi connectivity index (χ0) is 16.5. The molecule has 0 aromatic carbocycles. The maximum absolute atomic E-state index is 10.8. The molecule has 0 saturated carbocycles. The standard InChI is InChI=1S/C19H37ClO2/c1-3-5-6-7-8-9-10-11-12-13-14-15-17-18(16-4-2)22-19(20)21/h18H,3-17H2,1-2H3. The van der Waals surface area contributed by atoms with Gasteiger partial charge < -0.3 is 4.74 Å². The van der Waals surface area contributed by atoms with E-state index >= 15 is 0 Å². The first-order valence-electron chi connectivity index (χ1n) is 9.56. The number of carbonyl (C=O) groups is 1. The summed E-state index contributed by atoms with van der Waals surface area (Å²) in [6, 6.07) is 0. The summed E-state index contributed by atoms with van der Waals surface area (Å²) in [6.07, 6.45) is 19.2. The number of carbonyl (C=O) groups excluding carboxylic acids is 1. The van der Waals surface area contributed by atoms with Crippen LogP contribution in [0.3, 0.4) is 0 Å². The molecule has 3 heteroatoms. The van der Waals surface area contributed by atoms with E-state index in [4.69, 9.17) is 16.3 Å². The molecule has 0 aliphatic heterocycles. The highest BCUT2D eigenvalue weighted by atomic mass is 35.5. The minimum absolute atomic E-state index is 0.0260. The summed E-state index contributed by atoms with van der Waals surface area (Å²) in [7, 11) is 0. The van der Waals surface area contributed by atoms with E-state index in [2.05, 4.69) is 13.8 Å². The molecule has 1 atom stereocenters. The molecule has 0 fully saturated rings. The van der Waals surface area contributed by atoms with E-state index in [9.17, 15) is 4.79 Å². The van der Waals surface area contributed by atoms with E-state index in [-0.39, 0.29) is 6.10 Å². The Kier molecular flexibility index (Phi) is 16.9. The van der Waals surface area contributed by atoms with E-state index < -0.39 is 5.43 Å². The van der Waals surface area contributed by atoms with Gasteiger partial charge >= 0.3 is 5.43 Å². The van der Waals surface area contributed by atoms with Gasteiger partial charge in [-0.25, -0.2) is 4.79 Å². The summed E-state index contributed by atoms with van der Waals surface area (Å²) in [5.41, 5.74) is -0.655. The second-order valence-corrected chi connectivity index (χ2v) is 6.75. The van der Waals surface area contributed by atoms with E-state index in [1.54, 1.807) is 0 Å². The van der Waals surface area contributed by atoms with Crippen LogP contribution in [-0.4, -0.2) is 11.5 Å². The Bertz CT molecular complexity index is 244. The third-order valence-electron chi connectivity index (χ3n) is 4.25. The Morgan fingerprint density at radius 2 is 1.18 bits per heavy atom. The molecule has 0 bridgehead atoms. The third-order valence-corrected chi connectivity index (χ3v) is 4.34. The van der Waals surface area contributed by atoms with E-state index in [0.717, 1.165) is 25.7 Å². The molecule has 0 amide bonds. The van der Waals surface area contributed by atoms with Gasteiger partial charge in [0.15, 0.2) is 0 Å². The number of ether oxygens (including phenoxy) is 1. The Balaban J connectivity index is 3.29. The summed E-state index contributed by atoms with van der Waals surface area (Å²) in [6.45, 7) is 4.38. The maximum atomic E-state index is 10.8. The molecule has 132 valence electrons. The molecule has 0 spiro atoms. The molecule has 0 aromatic heterocycles. The molecule has 22 heavy (non-hydrogen) atoms. The molecular weight excluding hydrogens is 296 g/mol. The Morgan fingerprint density at radius 3 is 1.59 bits per heavy atom. The van der Waals surface area contributed by atoms with Crippen LogP contribution in [0.4, 0.5) is 4.79 Å². The molecule has 0 radical (unpaired) electrons. The minimum Gasteiger partial charge on any atom is -0.450 e. The van der Waals surface area contributed by atoms with Crippen molar-refractivity contribution in [2.75, 3.05) is 0 Å². The lowest BCUT2D eigenvalue weighted by Crippen LogP contribution is -2.14. The average molecular weight is 333 g/mol. The van der Waals surface area contributed by atoms with Crippen molar-refractivity contribution in [3.8, 4) is 0 Å². The van der Waals surface area contributed by atoms with Gasteiger partial charge in [0.1, 0.15) is 6.10 Å². The highest BCUT2D eigenvalue weighted by Gasteiger charge is 2.11. The van der Waals surface area contributed by atoms with Crippen LogP contribution in [-0.2, 0) is 4.74 Å². The van der Waals surface area contributed by atoms with Gasteiger partial charge in [-0.2, -0.15) is 0 Å². The zero-order valence-corrected chi connectivity index (χ0v) is 15.6. The topological polar surface area (TPSA) is 26.3 Å². The third kappa shape index (κ3) is 16.1. The van der Waals surface area contributed by atoms with Crippen LogP contribution in [0.15, 0.2) is 0 Å². The lowest BCUT2D eigenvalue weighted by atomic mass is 10.0. The van der Waals surface area contributed by atoms with Gasteiger partial charge in [0, 0.05) is 11.6 Å². The summed E-state index contributed by atoms with van der Waals surface area (Å²) < 4.78 is 5.12. The maximum Gasteiger partial charge on any atom is 0.404 e. The Labute approximate surface area is 143 Å². The van der Waals surface area contributed by atoms with Gasteiger partial charge in [0.2, 0.25) is 0 Å². The monoisotopic (exact) mass is 332 g/mol. The van der Waals surface area contributed by atoms with E-state index in [0.29, 0.717) is 0 Å². The van der Waals surface area contributed by atoms with Gasteiger partial charge in [-0.05, 0) is 19.3 Å². The van der Waals surface area contributed by atoms with Crippen molar-refractivity contribution in [3.63, 3.8) is 0 Å². The van der Waals surface area contributed by atoms with Crippen LogP contribution in [0.5, 0.6) is 0 Å². The summed E-state index contributed by atoms with van der Waals surface area (Å²) in [4.78, 5) is 10.8. The highest BCUT2D eigenvalue weighted by molar-refractivity contribution is 6.61. The van der Waals surface area contributed by atoms with Crippen molar-refractivity contribution in [1.29, 1.82) is 0 Å². The van der Waals surface area contributed by atoms with Crippen LogP contribution in [0.1, 0.15) is 110 Å². The minimum atomic E-state index is -0.655. The van der Waals surface area contributed by atoms with Crippen molar-refractivity contribution in [2.45, 2.75) is 116 Å². The highest BCUT2D eigenvalue weighted by Crippen LogP contribution is 2.16. The fourth-order valence-corrected chi connectivity index (χ4v) is 3.05. The van der Waals surface area contributed by atoms with E-state index in [1.165, 1.54) is 70.6 Å². The first-order valence-corrected chi connectivity index (χ1v) is 9.94. The van der Waals surface area contributed by atoms with Gasteiger partial charge in [-0.3, -0.25) is 0 Å². The van der Waals surface area contributed by atoms with Gasteiger partial charge in [-0.1, -0.05) is 90.9 Å². The van der Waals surface area contributed by atoms with Crippen LogP contribution in [0, 0.1) is 0 Å². The number of rotatable bonds is 16. The molecule has 0 aliphatic rings.